The Bertz CT molecular complexity index is 269. The summed E-state index contributed by atoms with van der Waals surface area (Å²) in [5, 5.41) is 0. The van der Waals surface area contributed by atoms with Crippen molar-refractivity contribution in [2.24, 2.45) is 11.8 Å². The summed E-state index contributed by atoms with van der Waals surface area (Å²) in [5.74, 6) is 1.06. The highest BCUT2D eigenvalue weighted by atomic mass is 16.1. The number of carbonyl (C=O) groups excluding carboxylic acids is 1. The zero-order chi connectivity index (χ0) is 11.8. The second-order valence-corrected chi connectivity index (χ2v) is 4.42. The molecule has 0 aliphatic carbocycles. The van der Waals surface area contributed by atoms with Crippen LogP contribution in [0.3, 0.4) is 0 Å². The maximum Gasteiger partial charge on any atom is 0.145 e. The highest BCUT2D eigenvalue weighted by molar-refractivity contribution is 5.71. The van der Waals surface area contributed by atoms with Crippen molar-refractivity contribution in [1.29, 1.82) is 0 Å². The zero-order valence-electron chi connectivity index (χ0n) is 10.3. The topological polar surface area (TPSA) is 17.1 Å². The van der Waals surface area contributed by atoms with Crippen molar-refractivity contribution in [1.82, 2.24) is 0 Å². The smallest absolute Gasteiger partial charge is 0.145 e. The van der Waals surface area contributed by atoms with Crippen LogP contribution in [0.1, 0.15) is 34.1 Å². The van der Waals surface area contributed by atoms with Crippen molar-refractivity contribution in [3.63, 3.8) is 0 Å². The molecule has 0 aromatic carbocycles. The molecule has 15 heavy (non-hydrogen) atoms. The van der Waals surface area contributed by atoms with E-state index in [4.69, 9.17) is 0 Å². The van der Waals surface area contributed by atoms with Gasteiger partial charge in [0.15, 0.2) is 0 Å². The lowest BCUT2D eigenvalue weighted by Crippen LogP contribution is -2.04. The first-order valence-electron chi connectivity index (χ1n) is 5.43. The van der Waals surface area contributed by atoms with Gasteiger partial charge in [-0.1, -0.05) is 44.2 Å². The molecule has 0 bridgehead atoms. The number of hydrogen-bond donors (Lipinski definition) is 0. The van der Waals surface area contributed by atoms with Crippen LogP contribution in [-0.2, 0) is 4.79 Å². The first-order valence-corrected chi connectivity index (χ1v) is 5.43. The van der Waals surface area contributed by atoms with Gasteiger partial charge in [0, 0.05) is 0 Å². The lowest BCUT2D eigenvalue weighted by molar-refractivity contribution is -0.104. The molecule has 1 nitrogen and oxygen atoms in total. The minimum atomic E-state index is 0.483. The molecule has 0 radical (unpaired) electrons. The Labute approximate surface area is 93.6 Å². The summed E-state index contributed by atoms with van der Waals surface area (Å²) in [6.45, 7) is 12.1. The summed E-state index contributed by atoms with van der Waals surface area (Å²) >= 11 is 0. The Morgan fingerprint density at radius 3 is 2.33 bits per heavy atom. The highest BCUT2D eigenvalue weighted by Crippen LogP contribution is 2.18. The molecule has 0 aromatic heterocycles. The van der Waals surface area contributed by atoms with Gasteiger partial charge < -0.3 is 0 Å². The molecule has 1 heteroatoms. The van der Waals surface area contributed by atoms with E-state index in [2.05, 4.69) is 32.6 Å². The van der Waals surface area contributed by atoms with E-state index in [1.165, 1.54) is 0 Å². The number of hydrogen-bond acceptors (Lipinski definition) is 1. The number of aldehydes is 1. The van der Waals surface area contributed by atoms with Crippen LogP contribution in [0, 0.1) is 11.8 Å². The summed E-state index contributed by atoms with van der Waals surface area (Å²) < 4.78 is 0. The number of allylic oxidation sites excluding steroid dienone is 5. The molecule has 0 amide bonds. The van der Waals surface area contributed by atoms with E-state index in [0.29, 0.717) is 11.8 Å². The van der Waals surface area contributed by atoms with Crippen molar-refractivity contribution in [2.75, 3.05) is 0 Å². The van der Waals surface area contributed by atoms with Gasteiger partial charge in [0.1, 0.15) is 6.29 Å². The fourth-order valence-corrected chi connectivity index (χ4v) is 1.23. The van der Waals surface area contributed by atoms with Crippen molar-refractivity contribution >= 4 is 6.29 Å². The van der Waals surface area contributed by atoms with E-state index in [9.17, 15) is 4.79 Å². The second kappa shape index (κ2) is 7.22. The van der Waals surface area contributed by atoms with E-state index in [-0.39, 0.29) is 0 Å². The molecule has 0 aliphatic heterocycles. The van der Waals surface area contributed by atoms with Crippen LogP contribution in [0.15, 0.2) is 36.0 Å². The molecule has 0 spiro atoms. The standard InChI is InChI=1S/C14H22O/c1-11(2)6-8-14(12(3)4)9-7-13(5)10-15/h6-8,10,12,14H,1,9H2,2-5H3. The fraction of sp³-hybridized carbons (Fsp3) is 0.500. The summed E-state index contributed by atoms with van der Waals surface area (Å²) in [5.41, 5.74) is 1.88. The van der Waals surface area contributed by atoms with Gasteiger partial charge in [-0.25, -0.2) is 0 Å². The van der Waals surface area contributed by atoms with Crippen LogP contribution in [-0.4, -0.2) is 6.29 Å². The molecule has 0 fully saturated rings. The summed E-state index contributed by atoms with van der Waals surface area (Å²) in [4.78, 5) is 10.5. The summed E-state index contributed by atoms with van der Waals surface area (Å²) in [6, 6.07) is 0. The molecule has 0 heterocycles. The Balaban J connectivity index is 4.42. The molecular formula is C14H22O. The third-order valence-corrected chi connectivity index (χ3v) is 2.38. The van der Waals surface area contributed by atoms with Crippen LogP contribution >= 0.6 is 0 Å². The van der Waals surface area contributed by atoms with Crippen molar-refractivity contribution in [3.05, 3.63) is 36.0 Å². The van der Waals surface area contributed by atoms with E-state index < -0.39 is 0 Å². The fourth-order valence-electron chi connectivity index (χ4n) is 1.23. The van der Waals surface area contributed by atoms with Gasteiger partial charge in [0.05, 0.1) is 0 Å². The van der Waals surface area contributed by atoms with E-state index in [0.717, 1.165) is 23.9 Å². The predicted octanol–water partition coefficient (Wildman–Crippen LogP) is 3.93. The minimum absolute atomic E-state index is 0.483. The average molecular weight is 206 g/mol. The molecule has 0 saturated carbocycles. The maximum atomic E-state index is 10.5. The van der Waals surface area contributed by atoms with Gasteiger partial charge in [-0.05, 0) is 37.7 Å². The molecule has 0 rings (SSSR count). The highest BCUT2D eigenvalue weighted by Gasteiger charge is 2.07. The quantitative estimate of drug-likeness (QED) is 0.365. The molecule has 0 aromatic rings. The molecular weight excluding hydrogens is 184 g/mol. The SMILES string of the molecule is C=C(C)C=CC(CC=C(C)C=O)C(C)C. The van der Waals surface area contributed by atoms with E-state index >= 15 is 0 Å². The summed E-state index contributed by atoms with van der Waals surface area (Å²) in [6.07, 6.45) is 8.06. The predicted molar refractivity (Wildman–Crippen MR) is 66.7 cm³/mol. The minimum Gasteiger partial charge on any atom is -0.298 e. The van der Waals surface area contributed by atoms with Crippen molar-refractivity contribution in [2.45, 2.75) is 34.1 Å². The Morgan fingerprint density at radius 1 is 1.33 bits per heavy atom. The molecule has 0 aliphatic rings. The third kappa shape index (κ3) is 6.89. The lowest BCUT2D eigenvalue weighted by atomic mass is 9.91. The van der Waals surface area contributed by atoms with Gasteiger partial charge in [-0.15, -0.1) is 0 Å². The van der Waals surface area contributed by atoms with Crippen molar-refractivity contribution < 1.29 is 4.79 Å². The largest absolute Gasteiger partial charge is 0.298 e. The monoisotopic (exact) mass is 206 g/mol. The van der Waals surface area contributed by atoms with Gasteiger partial charge in [0.25, 0.3) is 0 Å². The zero-order valence-corrected chi connectivity index (χ0v) is 10.3. The second-order valence-electron chi connectivity index (χ2n) is 4.42. The Hall–Kier alpha value is -1.11. The Kier molecular flexibility index (Phi) is 6.68. The Morgan fingerprint density at radius 2 is 1.93 bits per heavy atom. The molecule has 0 N–H and O–H groups in total. The summed E-state index contributed by atoms with van der Waals surface area (Å²) in [7, 11) is 0. The van der Waals surface area contributed by atoms with Gasteiger partial charge in [-0.3, -0.25) is 4.79 Å². The normalized spacial score (nSPS) is 14.6. The molecule has 1 unspecified atom stereocenters. The first-order chi connectivity index (χ1) is 6.97. The van der Waals surface area contributed by atoms with Gasteiger partial charge in [-0.2, -0.15) is 0 Å². The third-order valence-electron chi connectivity index (χ3n) is 2.38. The van der Waals surface area contributed by atoms with Crippen LogP contribution < -0.4 is 0 Å². The maximum absolute atomic E-state index is 10.5. The van der Waals surface area contributed by atoms with Crippen molar-refractivity contribution in [3.8, 4) is 0 Å². The number of rotatable bonds is 6. The van der Waals surface area contributed by atoms with E-state index in [1.807, 2.05) is 19.9 Å². The van der Waals surface area contributed by atoms with Crippen LogP contribution in [0.5, 0.6) is 0 Å². The number of carbonyl (C=O) groups is 1. The first kappa shape index (κ1) is 13.9. The molecule has 0 saturated heterocycles. The van der Waals surface area contributed by atoms with Crippen LogP contribution in [0.2, 0.25) is 0 Å². The lowest BCUT2D eigenvalue weighted by Gasteiger charge is -2.14. The van der Waals surface area contributed by atoms with Gasteiger partial charge >= 0.3 is 0 Å². The van der Waals surface area contributed by atoms with Gasteiger partial charge in [0.2, 0.25) is 0 Å². The van der Waals surface area contributed by atoms with Crippen LogP contribution in [0.25, 0.3) is 0 Å². The average Bonchev–Trinajstić information content (AvgIpc) is 2.16. The molecule has 84 valence electrons. The van der Waals surface area contributed by atoms with E-state index in [1.54, 1.807) is 0 Å². The van der Waals surface area contributed by atoms with Crippen LogP contribution in [0.4, 0.5) is 0 Å². The molecule has 1 atom stereocenters.